The number of allylic oxidation sites excluding steroid dienone is 2. The predicted molar refractivity (Wildman–Crippen MR) is 45.7 cm³/mol. The zero-order valence-corrected chi connectivity index (χ0v) is 6.78. The molecule has 0 fully saturated rings. The van der Waals surface area contributed by atoms with Crippen molar-refractivity contribution in [3.8, 4) is 0 Å². The van der Waals surface area contributed by atoms with Crippen molar-refractivity contribution in [2.45, 2.75) is 13.8 Å². The van der Waals surface area contributed by atoms with Crippen LogP contribution < -0.4 is 0 Å². The van der Waals surface area contributed by atoms with Crippen LogP contribution in [0.1, 0.15) is 13.8 Å². The Morgan fingerprint density at radius 3 is 2.45 bits per heavy atom. The summed E-state index contributed by atoms with van der Waals surface area (Å²) >= 11 is 0. The SMILES string of the molecule is CC(C)=C/C(=C/O)N=CCO. The van der Waals surface area contributed by atoms with E-state index in [-0.39, 0.29) is 6.61 Å². The summed E-state index contributed by atoms with van der Waals surface area (Å²) in [5, 5.41) is 17.0. The highest BCUT2D eigenvalue weighted by atomic mass is 16.3. The third kappa shape index (κ3) is 5.36. The van der Waals surface area contributed by atoms with E-state index in [1.807, 2.05) is 13.8 Å². The average molecular weight is 155 g/mol. The van der Waals surface area contributed by atoms with Crippen molar-refractivity contribution in [3.63, 3.8) is 0 Å². The van der Waals surface area contributed by atoms with E-state index in [0.717, 1.165) is 11.8 Å². The second-order valence-corrected chi connectivity index (χ2v) is 2.27. The molecule has 0 atom stereocenters. The third-order valence-electron chi connectivity index (χ3n) is 0.891. The highest BCUT2D eigenvalue weighted by molar-refractivity contribution is 5.60. The Labute approximate surface area is 66.4 Å². The molecule has 2 N–H and O–H groups in total. The Hall–Kier alpha value is -1.09. The van der Waals surface area contributed by atoms with Gasteiger partial charge < -0.3 is 10.2 Å². The molecule has 0 amide bonds. The van der Waals surface area contributed by atoms with Crippen LogP contribution in [0.15, 0.2) is 28.6 Å². The molecule has 0 aliphatic rings. The average Bonchev–Trinajstić information content (AvgIpc) is 1.97. The molecule has 0 saturated heterocycles. The third-order valence-corrected chi connectivity index (χ3v) is 0.891. The van der Waals surface area contributed by atoms with Gasteiger partial charge in [0.25, 0.3) is 0 Å². The fourth-order valence-electron chi connectivity index (χ4n) is 0.550. The van der Waals surface area contributed by atoms with E-state index in [0.29, 0.717) is 5.70 Å². The van der Waals surface area contributed by atoms with Crippen LogP contribution in [0.5, 0.6) is 0 Å². The van der Waals surface area contributed by atoms with E-state index in [1.54, 1.807) is 6.08 Å². The molecule has 3 heteroatoms. The molecular weight excluding hydrogens is 142 g/mol. The molecule has 0 aliphatic carbocycles. The van der Waals surface area contributed by atoms with Gasteiger partial charge in [-0.05, 0) is 19.9 Å². The van der Waals surface area contributed by atoms with E-state index < -0.39 is 0 Å². The second-order valence-electron chi connectivity index (χ2n) is 2.27. The van der Waals surface area contributed by atoms with Crippen LogP contribution in [0.25, 0.3) is 0 Å². The highest BCUT2D eigenvalue weighted by Crippen LogP contribution is 2.01. The van der Waals surface area contributed by atoms with Gasteiger partial charge in [-0.2, -0.15) is 0 Å². The molecule has 3 nitrogen and oxygen atoms in total. The van der Waals surface area contributed by atoms with Gasteiger partial charge in [0.2, 0.25) is 0 Å². The summed E-state index contributed by atoms with van der Waals surface area (Å²) in [6.45, 7) is 3.68. The van der Waals surface area contributed by atoms with Crippen LogP contribution in [0.3, 0.4) is 0 Å². The fraction of sp³-hybridized carbons (Fsp3) is 0.375. The normalized spacial score (nSPS) is 12.1. The molecule has 0 rings (SSSR count). The van der Waals surface area contributed by atoms with Crippen molar-refractivity contribution in [1.82, 2.24) is 0 Å². The zero-order valence-electron chi connectivity index (χ0n) is 6.78. The van der Waals surface area contributed by atoms with Gasteiger partial charge >= 0.3 is 0 Å². The maximum Gasteiger partial charge on any atom is 0.105 e. The van der Waals surface area contributed by atoms with Crippen LogP contribution >= 0.6 is 0 Å². The van der Waals surface area contributed by atoms with Crippen molar-refractivity contribution in [2.24, 2.45) is 4.99 Å². The van der Waals surface area contributed by atoms with Gasteiger partial charge in [-0.1, -0.05) is 5.57 Å². The first kappa shape index (κ1) is 9.91. The number of aliphatic imine (C=N–C) groups is 1. The van der Waals surface area contributed by atoms with Crippen molar-refractivity contribution in [2.75, 3.05) is 6.61 Å². The Bertz CT molecular complexity index is 188. The smallest absolute Gasteiger partial charge is 0.105 e. The number of nitrogens with zero attached hydrogens (tertiary/aromatic N) is 1. The number of rotatable bonds is 3. The van der Waals surface area contributed by atoms with E-state index in [4.69, 9.17) is 10.2 Å². The van der Waals surface area contributed by atoms with Gasteiger partial charge in [-0.25, -0.2) is 0 Å². The van der Waals surface area contributed by atoms with E-state index in [1.165, 1.54) is 6.21 Å². The lowest BCUT2D eigenvalue weighted by Crippen LogP contribution is -1.83. The predicted octanol–water partition coefficient (Wildman–Crippen LogP) is 1.42. The summed E-state index contributed by atoms with van der Waals surface area (Å²) in [5.41, 5.74) is 1.49. The lowest BCUT2D eigenvalue weighted by Gasteiger charge is -1.91. The van der Waals surface area contributed by atoms with Crippen molar-refractivity contribution < 1.29 is 10.2 Å². The first-order valence-corrected chi connectivity index (χ1v) is 3.33. The molecule has 0 aliphatic heterocycles. The zero-order chi connectivity index (χ0) is 8.69. The van der Waals surface area contributed by atoms with Gasteiger partial charge in [0, 0.05) is 6.21 Å². The maximum absolute atomic E-state index is 8.60. The molecule has 0 bridgehead atoms. The van der Waals surface area contributed by atoms with Crippen LogP contribution in [0.2, 0.25) is 0 Å². The lowest BCUT2D eigenvalue weighted by molar-refractivity contribution is 0.361. The summed E-state index contributed by atoms with van der Waals surface area (Å²) in [5.74, 6) is 0. The molecule has 0 aromatic carbocycles. The summed E-state index contributed by atoms with van der Waals surface area (Å²) in [4.78, 5) is 3.76. The fourth-order valence-corrected chi connectivity index (χ4v) is 0.550. The number of aliphatic hydroxyl groups excluding tert-OH is 2. The molecule has 0 unspecified atom stereocenters. The summed E-state index contributed by atoms with van der Waals surface area (Å²) in [6, 6.07) is 0. The standard InChI is InChI=1S/C8H13NO2/c1-7(2)5-8(6-11)9-3-4-10/h3,5-6,10-11H,4H2,1-2H3/b8-6-,9-3?. The monoisotopic (exact) mass is 155 g/mol. The van der Waals surface area contributed by atoms with Gasteiger partial charge in [0.15, 0.2) is 0 Å². The van der Waals surface area contributed by atoms with Crippen LogP contribution in [0.4, 0.5) is 0 Å². The Balaban J connectivity index is 4.21. The summed E-state index contributed by atoms with van der Waals surface area (Å²) in [7, 11) is 0. The molecule has 0 saturated carbocycles. The molecule has 0 aromatic rings. The summed E-state index contributed by atoms with van der Waals surface area (Å²) < 4.78 is 0. The van der Waals surface area contributed by atoms with E-state index in [9.17, 15) is 0 Å². The van der Waals surface area contributed by atoms with Crippen molar-refractivity contribution in [1.29, 1.82) is 0 Å². The Kier molecular flexibility index (Phi) is 5.11. The minimum absolute atomic E-state index is 0.117. The summed E-state index contributed by atoms with van der Waals surface area (Å²) in [6.07, 6.45) is 3.94. The van der Waals surface area contributed by atoms with Gasteiger partial charge in [0.05, 0.1) is 12.3 Å². The maximum atomic E-state index is 8.60. The largest absolute Gasteiger partial charge is 0.513 e. The highest BCUT2D eigenvalue weighted by Gasteiger charge is 1.86. The molecule has 0 aromatic heterocycles. The number of hydrogen-bond acceptors (Lipinski definition) is 3. The second kappa shape index (κ2) is 5.68. The van der Waals surface area contributed by atoms with Crippen LogP contribution in [-0.2, 0) is 0 Å². The van der Waals surface area contributed by atoms with Crippen LogP contribution in [0, 0.1) is 0 Å². The molecule has 0 radical (unpaired) electrons. The van der Waals surface area contributed by atoms with Crippen molar-refractivity contribution >= 4 is 6.21 Å². The topological polar surface area (TPSA) is 52.8 Å². The molecule has 0 heterocycles. The quantitative estimate of drug-likeness (QED) is 0.368. The first-order valence-electron chi connectivity index (χ1n) is 3.33. The Morgan fingerprint density at radius 1 is 1.45 bits per heavy atom. The lowest BCUT2D eigenvalue weighted by atomic mass is 10.3. The molecular formula is C8H13NO2. The van der Waals surface area contributed by atoms with Gasteiger partial charge in [-0.15, -0.1) is 0 Å². The molecule has 0 spiro atoms. The Morgan fingerprint density at radius 2 is 2.09 bits per heavy atom. The van der Waals surface area contributed by atoms with E-state index in [2.05, 4.69) is 4.99 Å². The molecule has 62 valence electrons. The first-order chi connectivity index (χ1) is 5.20. The van der Waals surface area contributed by atoms with Gasteiger partial charge in [-0.3, -0.25) is 4.99 Å². The van der Waals surface area contributed by atoms with Crippen LogP contribution in [-0.4, -0.2) is 23.0 Å². The number of hydrogen-bond donors (Lipinski definition) is 2. The van der Waals surface area contributed by atoms with E-state index >= 15 is 0 Å². The van der Waals surface area contributed by atoms with Crippen molar-refractivity contribution in [3.05, 3.63) is 23.6 Å². The molecule has 11 heavy (non-hydrogen) atoms. The van der Waals surface area contributed by atoms with Gasteiger partial charge in [0.1, 0.15) is 6.26 Å². The minimum atomic E-state index is -0.117. The number of aliphatic hydroxyl groups is 2. The minimum Gasteiger partial charge on any atom is -0.513 e.